The molecule has 0 heterocycles. The fourth-order valence-electron chi connectivity index (χ4n) is 0.582. The quantitative estimate of drug-likeness (QED) is 0.549. The summed E-state index contributed by atoms with van der Waals surface area (Å²) in [5.74, 6) is 0. The van der Waals surface area contributed by atoms with E-state index in [1.54, 1.807) is 0 Å². The van der Waals surface area contributed by atoms with Crippen LogP contribution in [0.25, 0.3) is 0 Å². The average Bonchev–Trinajstić information content (AvgIpc) is 1.85. The molecule has 0 rings (SSSR count). The summed E-state index contributed by atoms with van der Waals surface area (Å²) in [4.78, 5) is 0. The Labute approximate surface area is 63.4 Å². The minimum Gasteiger partial charge on any atom is -0.198 e. The van der Waals surface area contributed by atoms with Crippen molar-refractivity contribution in [1.29, 1.82) is 5.26 Å². The van der Waals surface area contributed by atoms with Crippen molar-refractivity contribution in [1.82, 2.24) is 0 Å². The maximum absolute atomic E-state index is 8.63. The summed E-state index contributed by atoms with van der Waals surface area (Å²) < 4.78 is 0. The second kappa shape index (κ2) is 3.41. The van der Waals surface area contributed by atoms with Gasteiger partial charge in [0.2, 0.25) is 0 Å². The molecule has 0 radical (unpaired) electrons. The van der Waals surface area contributed by atoms with E-state index in [0.717, 1.165) is 18.4 Å². The number of hydrogen-bond donors (Lipinski definition) is 0. The fraction of sp³-hybridized carbons (Fsp3) is 0.667. The molecule has 56 valence electrons. The third kappa shape index (κ3) is 4.14. The van der Waals surface area contributed by atoms with Gasteiger partial charge >= 0.3 is 0 Å². The Balaban J connectivity index is 3.71. The molecule has 0 amide bonds. The summed E-state index contributed by atoms with van der Waals surface area (Å²) >= 11 is 0. The molecule has 0 aliphatic rings. The van der Waals surface area contributed by atoms with E-state index in [1.165, 1.54) is 0 Å². The molecule has 1 nitrogen and oxygen atoms in total. The Kier molecular flexibility index (Phi) is 3.15. The van der Waals surface area contributed by atoms with Crippen LogP contribution in [0.2, 0.25) is 0 Å². The molecule has 0 saturated heterocycles. The molecule has 0 bridgehead atoms. The molecule has 0 aliphatic heterocycles. The van der Waals surface area contributed by atoms with Crippen LogP contribution >= 0.6 is 0 Å². The summed E-state index contributed by atoms with van der Waals surface area (Å²) in [5.41, 5.74) is 0.974. The maximum atomic E-state index is 8.63. The highest BCUT2D eigenvalue weighted by Gasteiger charge is 2.15. The fourth-order valence-corrected chi connectivity index (χ4v) is 0.582. The third-order valence-corrected chi connectivity index (χ3v) is 1.48. The Hall–Kier alpha value is -0.770. The standard InChI is InChI=1S/C9H15N/c1-8(2)5-6-9(3,4)7-10/h1,5-6H2,2-4H3. The van der Waals surface area contributed by atoms with E-state index in [0.29, 0.717) is 0 Å². The summed E-state index contributed by atoms with van der Waals surface area (Å²) in [6, 6.07) is 2.26. The van der Waals surface area contributed by atoms with Crippen molar-refractivity contribution in [2.45, 2.75) is 33.6 Å². The largest absolute Gasteiger partial charge is 0.198 e. The van der Waals surface area contributed by atoms with Crippen molar-refractivity contribution in [3.63, 3.8) is 0 Å². The van der Waals surface area contributed by atoms with Crippen LogP contribution < -0.4 is 0 Å². The lowest BCUT2D eigenvalue weighted by molar-refractivity contribution is 0.452. The molecule has 0 N–H and O–H groups in total. The number of allylic oxidation sites excluding steroid dienone is 1. The molecule has 0 unspecified atom stereocenters. The molecule has 0 aromatic carbocycles. The van der Waals surface area contributed by atoms with Gasteiger partial charge < -0.3 is 0 Å². The van der Waals surface area contributed by atoms with Crippen LogP contribution in [0, 0.1) is 16.7 Å². The van der Waals surface area contributed by atoms with Gasteiger partial charge in [0, 0.05) is 0 Å². The number of nitrogens with zero attached hydrogens (tertiary/aromatic N) is 1. The van der Waals surface area contributed by atoms with Crippen molar-refractivity contribution >= 4 is 0 Å². The first-order chi connectivity index (χ1) is 4.48. The summed E-state index contributed by atoms with van der Waals surface area (Å²) in [5, 5.41) is 8.63. The van der Waals surface area contributed by atoms with Crippen LogP contribution in [0.1, 0.15) is 33.6 Å². The van der Waals surface area contributed by atoms with Crippen LogP contribution in [0.5, 0.6) is 0 Å². The van der Waals surface area contributed by atoms with Gasteiger partial charge in [0.25, 0.3) is 0 Å². The van der Waals surface area contributed by atoms with Gasteiger partial charge in [-0.3, -0.25) is 0 Å². The normalized spacial score (nSPS) is 10.6. The molecule has 0 fully saturated rings. The zero-order valence-electron chi connectivity index (χ0n) is 7.07. The van der Waals surface area contributed by atoms with Gasteiger partial charge in [0.1, 0.15) is 0 Å². The van der Waals surface area contributed by atoms with Gasteiger partial charge in [-0.1, -0.05) is 5.57 Å². The van der Waals surface area contributed by atoms with Gasteiger partial charge in [0.05, 0.1) is 11.5 Å². The second-order valence-electron chi connectivity index (χ2n) is 3.45. The highest BCUT2D eigenvalue weighted by molar-refractivity contribution is 4.96. The smallest absolute Gasteiger partial charge is 0.0684 e. The third-order valence-electron chi connectivity index (χ3n) is 1.48. The lowest BCUT2D eigenvalue weighted by Gasteiger charge is -2.13. The SMILES string of the molecule is C=C(C)CCC(C)(C)C#N. The van der Waals surface area contributed by atoms with Crippen molar-refractivity contribution in [3.8, 4) is 6.07 Å². The summed E-state index contributed by atoms with van der Waals surface area (Å²) in [6.45, 7) is 9.69. The van der Waals surface area contributed by atoms with Crippen molar-refractivity contribution in [2.75, 3.05) is 0 Å². The van der Waals surface area contributed by atoms with Crippen molar-refractivity contribution in [2.24, 2.45) is 5.41 Å². The topological polar surface area (TPSA) is 23.8 Å². The lowest BCUT2D eigenvalue weighted by atomic mass is 9.88. The zero-order valence-corrected chi connectivity index (χ0v) is 7.07. The number of rotatable bonds is 3. The number of hydrogen-bond acceptors (Lipinski definition) is 1. The van der Waals surface area contributed by atoms with Crippen LogP contribution in [0.4, 0.5) is 0 Å². The van der Waals surface area contributed by atoms with Crippen LogP contribution in [0.15, 0.2) is 12.2 Å². The van der Waals surface area contributed by atoms with Gasteiger partial charge in [-0.2, -0.15) is 5.26 Å². The molecule has 10 heavy (non-hydrogen) atoms. The van der Waals surface area contributed by atoms with Crippen molar-refractivity contribution < 1.29 is 0 Å². The Morgan fingerprint density at radius 3 is 2.40 bits per heavy atom. The van der Waals surface area contributed by atoms with E-state index >= 15 is 0 Å². The predicted octanol–water partition coefficient (Wildman–Crippen LogP) is 2.89. The predicted molar refractivity (Wildman–Crippen MR) is 43.4 cm³/mol. The molecule has 0 aliphatic carbocycles. The molecular formula is C9H15N. The molecule has 1 heteroatoms. The van der Waals surface area contributed by atoms with Gasteiger partial charge in [-0.15, -0.1) is 6.58 Å². The van der Waals surface area contributed by atoms with Crippen LogP contribution in [-0.2, 0) is 0 Å². The Morgan fingerprint density at radius 1 is 1.60 bits per heavy atom. The molecule has 0 aromatic rings. The minimum absolute atomic E-state index is 0.182. The highest BCUT2D eigenvalue weighted by atomic mass is 14.3. The molecule has 0 spiro atoms. The van der Waals surface area contributed by atoms with E-state index in [4.69, 9.17) is 5.26 Å². The van der Waals surface area contributed by atoms with Crippen LogP contribution in [0.3, 0.4) is 0 Å². The van der Waals surface area contributed by atoms with Gasteiger partial charge in [-0.05, 0) is 33.6 Å². The molecule has 0 saturated carbocycles. The van der Waals surface area contributed by atoms with Gasteiger partial charge in [0.15, 0.2) is 0 Å². The first kappa shape index (κ1) is 9.23. The highest BCUT2D eigenvalue weighted by Crippen LogP contribution is 2.22. The monoisotopic (exact) mass is 137 g/mol. The Morgan fingerprint density at radius 2 is 2.10 bits per heavy atom. The van der Waals surface area contributed by atoms with E-state index < -0.39 is 0 Å². The van der Waals surface area contributed by atoms with Crippen LogP contribution in [-0.4, -0.2) is 0 Å². The summed E-state index contributed by atoms with van der Waals surface area (Å²) in [6.07, 6.45) is 1.87. The second-order valence-corrected chi connectivity index (χ2v) is 3.45. The summed E-state index contributed by atoms with van der Waals surface area (Å²) in [7, 11) is 0. The van der Waals surface area contributed by atoms with E-state index in [-0.39, 0.29) is 5.41 Å². The molecular weight excluding hydrogens is 122 g/mol. The molecule has 0 aromatic heterocycles. The number of nitriles is 1. The maximum Gasteiger partial charge on any atom is 0.0684 e. The average molecular weight is 137 g/mol. The molecule has 0 atom stereocenters. The minimum atomic E-state index is -0.182. The first-order valence-electron chi connectivity index (χ1n) is 3.53. The van der Waals surface area contributed by atoms with Crippen molar-refractivity contribution in [3.05, 3.63) is 12.2 Å². The van der Waals surface area contributed by atoms with E-state index in [9.17, 15) is 0 Å². The van der Waals surface area contributed by atoms with E-state index in [2.05, 4.69) is 12.6 Å². The Bertz CT molecular complexity index is 160. The van der Waals surface area contributed by atoms with E-state index in [1.807, 2.05) is 20.8 Å². The first-order valence-corrected chi connectivity index (χ1v) is 3.53. The zero-order chi connectivity index (χ0) is 8.20. The lowest BCUT2D eigenvalue weighted by Crippen LogP contribution is -2.06. The van der Waals surface area contributed by atoms with Gasteiger partial charge in [-0.25, -0.2) is 0 Å².